The summed E-state index contributed by atoms with van der Waals surface area (Å²) in [6.45, 7) is 0.852. The molecule has 1 aliphatic heterocycles. The molecule has 35 heavy (non-hydrogen) atoms. The van der Waals surface area contributed by atoms with Crippen molar-refractivity contribution < 1.29 is 13.6 Å². The molecule has 4 heterocycles. The largest absolute Gasteiger partial charge is 0.452 e. The molecule has 9 heteroatoms. The van der Waals surface area contributed by atoms with Crippen molar-refractivity contribution in [1.82, 2.24) is 14.9 Å². The summed E-state index contributed by atoms with van der Waals surface area (Å²) in [6, 6.07) is 12.8. The van der Waals surface area contributed by atoms with Gasteiger partial charge in [-0.15, -0.1) is 0 Å². The minimum absolute atomic E-state index is 0.142. The topological polar surface area (TPSA) is 86.3 Å². The highest BCUT2D eigenvalue weighted by atomic mass is 35.5. The minimum Gasteiger partial charge on any atom is -0.452 e. The summed E-state index contributed by atoms with van der Waals surface area (Å²) in [5.41, 5.74) is 4.50. The van der Waals surface area contributed by atoms with Crippen molar-refractivity contribution in [3.63, 3.8) is 0 Å². The van der Waals surface area contributed by atoms with Gasteiger partial charge in [0, 0.05) is 51.2 Å². The van der Waals surface area contributed by atoms with Crippen molar-refractivity contribution >= 4 is 34.3 Å². The van der Waals surface area contributed by atoms with Gasteiger partial charge in [0.1, 0.15) is 23.5 Å². The lowest BCUT2D eigenvalue weighted by molar-refractivity contribution is 0.0827. The van der Waals surface area contributed by atoms with E-state index in [1.165, 1.54) is 11.1 Å². The second kappa shape index (κ2) is 9.01. The molecule has 4 aromatic rings. The molecule has 1 amide bonds. The molecule has 5 rings (SSSR count). The molecule has 0 unspecified atom stereocenters. The van der Waals surface area contributed by atoms with Crippen LogP contribution in [-0.4, -0.2) is 54.1 Å². The van der Waals surface area contributed by atoms with Crippen LogP contribution in [0.5, 0.6) is 0 Å². The van der Waals surface area contributed by atoms with Gasteiger partial charge in [-0.05, 0) is 36.2 Å². The van der Waals surface area contributed by atoms with Crippen molar-refractivity contribution in [2.75, 3.05) is 32.1 Å². The molecule has 3 aromatic heterocycles. The number of rotatable bonds is 4. The number of carbonyl (C=O) groups is 1. The number of nitriles is 1. The van der Waals surface area contributed by atoms with E-state index in [0.29, 0.717) is 68.5 Å². The van der Waals surface area contributed by atoms with Crippen LogP contribution in [0, 0.1) is 11.3 Å². The SMILES string of the molecule is CN(C)C(=O)c1ccc(-c2cc3ncc(Cl)c(-c4ccc(N5CC[C@H](F)C5)c(C#N)c4)c3o2)nc1. The molecule has 1 aromatic carbocycles. The first-order valence-electron chi connectivity index (χ1n) is 11.1. The number of fused-ring (bicyclic) bond motifs is 1. The van der Waals surface area contributed by atoms with E-state index in [4.69, 9.17) is 16.0 Å². The number of nitrogens with zero attached hydrogens (tertiary/aromatic N) is 5. The third-order valence-corrected chi connectivity index (χ3v) is 6.33. The Hall–Kier alpha value is -3.96. The fourth-order valence-electron chi connectivity index (χ4n) is 4.27. The van der Waals surface area contributed by atoms with Crippen molar-refractivity contribution in [1.29, 1.82) is 5.26 Å². The van der Waals surface area contributed by atoms with Gasteiger partial charge in [0.2, 0.25) is 0 Å². The zero-order valence-electron chi connectivity index (χ0n) is 19.1. The minimum atomic E-state index is -0.888. The second-order valence-corrected chi connectivity index (χ2v) is 9.02. The van der Waals surface area contributed by atoms with Crippen LogP contribution in [-0.2, 0) is 0 Å². The molecule has 1 aliphatic rings. The van der Waals surface area contributed by atoms with Crippen molar-refractivity contribution in [3.8, 4) is 28.7 Å². The molecular weight excluding hydrogens is 469 g/mol. The van der Waals surface area contributed by atoms with Crippen LogP contribution in [0.25, 0.3) is 33.7 Å². The van der Waals surface area contributed by atoms with E-state index in [1.54, 1.807) is 44.6 Å². The van der Waals surface area contributed by atoms with Gasteiger partial charge < -0.3 is 14.2 Å². The van der Waals surface area contributed by atoms with Gasteiger partial charge in [0.05, 0.1) is 21.8 Å². The zero-order chi connectivity index (χ0) is 24.7. The molecule has 0 aliphatic carbocycles. The van der Waals surface area contributed by atoms with E-state index >= 15 is 0 Å². The van der Waals surface area contributed by atoms with Crippen molar-refractivity contribution in [2.45, 2.75) is 12.6 Å². The number of anilines is 1. The van der Waals surface area contributed by atoms with Crippen LogP contribution in [0.1, 0.15) is 22.3 Å². The normalized spacial score (nSPS) is 15.4. The van der Waals surface area contributed by atoms with Gasteiger partial charge in [-0.1, -0.05) is 17.7 Å². The molecule has 1 fully saturated rings. The van der Waals surface area contributed by atoms with Crippen LogP contribution in [0.3, 0.4) is 0 Å². The van der Waals surface area contributed by atoms with Gasteiger partial charge in [-0.2, -0.15) is 5.26 Å². The lowest BCUT2D eigenvalue weighted by atomic mass is 10.0. The maximum atomic E-state index is 13.7. The molecule has 7 nitrogen and oxygen atoms in total. The lowest BCUT2D eigenvalue weighted by Gasteiger charge is -2.19. The smallest absolute Gasteiger partial charge is 0.254 e. The number of alkyl halides is 1. The Kier molecular flexibility index (Phi) is 5.87. The molecule has 0 saturated carbocycles. The van der Waals surface area contributed by atoms with Gasteiger partial charge in [-0.3, -0.25) is 14.8 Å². The Morgan fingerprint density at radius 2 is 2.06 bits per heavy atom. The number of aromatic nitrogens is 2. The van der Waals surface area contributed by atoms with Gasteiger partial charge in [0.25, 0.3) is 5.91 Å². The number of benzene rings is 1. The first-order chi connectivity index (χ1) is 16.9. The van der Waals surface area contributed by atoms with Gasteiger partial charge in [-0.25, -0.2) is 4.39 Å². The van der Waals surface area contributed by atoms with Crippen LogP contribution >= 0.6 is 11.6 Å². The predicted molar refractivity (Wildman–Crippen MR) is 132 cm³/mol. The molecule has 0 radical (unpaired) electrons. The maximum absolute atomic E-state index is 13.7. The number of hydrogen-bond donors (Lipinski definition) is 0. The van der Waals surface area contributed by atoms with Crippen molar-refractivity contribution in [2.24, 2.45) is 0 Å². The standard InChI is InChI=1S/C26H21ClFN5O2/c1-32(2)26(34)16-3-5-20(30-12-16)23-10-21-25(35-23)24(19(27)13-31-21)15-4-6-22(17(9-15)11-29)33-8-7-18(28)14-33/h3-6,9-10,12-13,18H,7-8,14H2,1-2H3/t18-/m0/s1. The van der Waals surface area contributed by atoms with E-state index in [9.17, 15) is 14.4 Å². The molecule has 1 saturated heterocycles. The summed E-state index contributed by atoms with van der Waals surface area (Å²) in [7, 11) is 3.36. The number of amides is 1. The summed E-state index contributed by atoms with van der Waals surface area (Å²) in [4.78, 5) is 24.3. The molecule has 176 valence electrons. The van der Waals surface area contributed by atoms with E-state index in [1.807, 2.05) is 17.0 Å². The fraction of sp³-hybridized carbons (Fsp3) is 0.231. The maximum Gasteiger partial charge on any atom is 0.254 e. The molecular formula is C26H21ClFN5O2. The Labute approximate surface area is 206 Å². The number of hydrogen-bond acceptors (Lipinski definition) is 6. The predicted octanol–water partition coefficient (Wildman–Crippen LogP) is 5.33. The summed E-state index contributed by atoms with van der Waals surface area (Å²) < 4.78 is 19.9. The van der Waals surface area contributed by atoms with E-state index < -0.39 is 6.17 Å². The summed E-state index contributed by atoms with van der Waals surface area (Å²) in [5, 5.41) is 10.1. The van der Waals surface area contributed by atoms with Gasteiger partial charge in [0.15, 0.2) is 11.3 Å². The lowest BCUT2D eigenvalue weighted by Crippen LogP contribution is -2.21. The van der Waals surface area contributed by atoms with E-state index in [0.717, 1.165) is 0 Å². The Morgan fingerprint density at radius 1 is 1.23 bits per heavy atom. The van der Waals surface area contributed by atoms with Crippen LogP contribution in [0.2, 0.25) is 5.02 Å². The van der Waals surface area contributed by atoms with E-state index in [-0.39, 0.29) is 12.5 Å². The highest BCUT2D eigenvalue weighted by molar-refractivity contribution is 6.34. The molecule has 0 bridgehead atoms. The Balaban J connectivity index is 1.55. The summed E-state index contributed by atoms with van der Waals surface area (Å²) in [5.74, 6) is 0.333. The Bertz CT molecular complexity index is 1480. The molecule has 1 atom stereocenters. The quantitative estimate of drug-likeness (QED) is 0.385. The summed E-state index contributed by atoms with van der Waals surface area (Å²) >= 11 is 6.54. The molecule has 0 spiro atoms. The highest BCUT2D eigenvalue weighted by Gasteiger charge is 2.25. The monoisotopic (exact) mass is 489 g/mol. The number of halogens is 2. The number of pyridine rings is 2. The summed E-state index contributed by atoms with van der Waals surface area (Å²) in [6.07, 6.45) is 2.61. The number of furan rings is 1. The Morgan fingerprint density at radius 3 is 2.71 bits per heavy atom. The average Bonchev–Trinajstić information content (AvgIpc) is 3.49. The fourth-order valence-corrected chi connectivity index (χ4v) is 4.51. The van der Waals surface area contributed by atoms with Crippen LogP contribution < -0.4 is 4.90 Å². The third-order valence-electron chi connectivity index (χ3n) is 6.04. The van der Waals surface area contributed by atoms with Crippen LogP contribution in [0.4, 0.5) is 10.1 Å². The number of carbonyl (C=O) groups excluding carboxylic acids is 1. The second-order valence-electron chi connectivity index (χ2n) is 8.61. The van der Waals surface area contributed by atoms with Crippen LogP contribution in [0.15, 0.2) is 53.2 Å². The van der Waals surface area contributed by atoms with Crippen molar-refractivity contribution in [3.05, 3.63) is 64.9 Å². The third kappa shape index (κ3) is 4.19. The van der Waals surface area contributed by atoms with Gasteiger partial charge >= 0.3 is 0 Å². The highest BCUT2D eigenvalue weighted by Crippen LogP contribution is 2.39. The zero-order valence-corrected chi connectivity index (χ0v) is 19.9. The molecule has 0 N–H and O–H groups in total. The first kappa shape index (κ1) is 22.8. The van der Waals surface area contributed by atoms with E-state index in [2.05, 4.69) is 16.0 Å². The average molecular weight is 490 g/mol. The first-order valence-corrected chi connectivity index (χ1v) is 11.4.